The average Bonchev–Trinajstić information content (AvgIpc) is 3.23. The van der Waals surface area contributed by atoms with E-state index < -0.39 is 0 Å². The summed E-state index contributed by atoms with van der Waals surface area (Å²) >= 11 is 1.65. The Morgan fingerprint density at radius 2 is 2.16 bits per heavy atom. The van der Waals surface area contributed by atoms with Crippen LogP contribution in [0.25, 0.3) is 0 Å². The lowest BCUT2D eigenvalue weighted by Crippen LogP contribution is -2.51. The monoisotopic (exact) mass is 358 g/mol. The molecule has 1 amide bonds. The molecule has 2 bridgehead atoms. The molecule has 1 aromatic heterocycles. The Kier molecular flexibility index (Phi) is 4.77. The van der Waals surface area contributed by atoms with Gasteiger partial charge in [-0.2, -0.15) is 5.26 Å². The van der Waals surface area contributed by atoms with Crippen molar-refractivity contribution in [1.82, 2.24) is 20.2 Å². The van der Waals surface area contributed by atoms with Gasteiger partial charge in [0.2, 0.25) is 5.91 Å². The Balaban J connectivity index is 1.33. The van der Waals surface area contributed by atoms with Gasteiger partial charge >= 0.3 is 0 Å². The summed E-state index contributed by atoms with van der Waals surface area (Å²) in [7, 11) is 0. The number of fused-ring (bicyclic) bond motifs is 2. The van der Waals surface area contributed by atoms with Crippen molar-refractivity contribution in [1.29, 1.82) is 5.26 Å². The van der Waals surface area contributed by atoms with Crippen LogP contribution in [0.5, 0.6) is 0 Å². The Morgan fingerprint density at radius 1 is 1.36 bits per heavy atom. The second-order valence-electron chi connectivity index (χ2n) is 6.91. The number of aromatic nitrogens is 2. The number of thioether (sulfide) groups is 1. The number of nitrogens with zero attached hydrogens (tertiary/aromatic N) is 5. The molecule has 0 spiro atoms. The Labute approximate surface area is 151 Å². The van der Waals surface area contributed by atoms with Crippen LogP contribution >= 0.6 is 11.8 Å². The minimum atomic E-state index is -0.269. The third-order valence-electron chi connectivity index (χ3n) is 5.44. The summed E-state index contributed by atoms with van der Waals surface area (Å²) < 4.78 is 0. The van der Waals surface area contributed by atoms with E-state index in [1.807, 2.05) is 6.20 Å². The third kappa shape index (κ3) is 3.31. The third-order valence-corrected chi connectivity index (χ3v) is 6.45. The lowest BCUT2D eigenvalue weighted by Gasteiger charge is -2.40. The Bertz CT molecular complexity index is 651. The first kappa shape index (κ1) is 16.6. The van der Waals surface area contributed by atoms with Gasteiger partial charge in [-0.1, -0.05) is 0 Å². The van der Waals surface area contributed by atoms with Crippen molar-refractivity contribution in [3.8, 4) is 6.07 Å². The molecular weight excluding hydrogens is 336 g/mol. The second kappa shape index (κ2) is 7.18. The molecule has 3 aliphatic heterocycles. The Hall–Kier alpha value is -1.85. The van der Waals surface area contributed by atoms with Gasteiger partial charge in [0, 0.05) is 36.3 Å². The minimum absolute atomic E-state index is 0.0419. The molecule has 1 aromatic rings. The summed E-state index contributed by atoms with van der Waals surface area (Å²) in [5, 5.41) is 12.6. The number of piperidine rings is 1. The number of carbonyl (C=O) groups is 1. The summed E-state index contributed by atoms with van der Waals surface area (Å²) in [4.78, 5) is 25.2. The lowest BCUT2D eigenvalue weighted by molar-refractivity contribution is -0.129. The molecule has 3 fully saturated rings. The quantitative estimate of drug-likeness (QED) is 0.859. The van der Waals surface area contributed by atoms with Crippen molar-refractivity contribution in [2.24, 2.45) is 0 Å². The summed E-state index contributed by atoms with van der Waals surface area (Å²) in [6, 6.07) is 3.24. The molecule has 3 saturated heterocycles. The molecular formula is C17H22N6OS. The van der Waals surface area contributed by atoms with E-state index in [-0.39, 0.29) is 11.9 Å². The minimum Gasteiger partial charge on any atom is -0.349 e. The molecule has 2 unspecified atom stereocenters. The first-order valence-electron chi connectivity index (χ1n) is 8.81. The van der Waals surface area contributed by atoms with Gasteiger partial charge in [-0.05, 0) is 25.7 Å². The van der Waals surface area contributed by atoms with Gasteiger partial charge in [-0.3, -0.25) is 9.78 Å². The van der Waals surface area contributed by atoms with E-state index in [1.165, 1.54) is 12.8 Å². The molecule has 0 saturated carbocycles. The fourth-order valence-electron chi connectivity index (χ4n) is 4.27. The predicted octanol–water partition coefficient (Wildman–Crippen LogP) is 0.991. The smallest absolute Gasteiger partial charge is 0.238 e. The van der Waals surface area contributed by atoms with Crippen molar-refractivity contribution in [2.75, 3.05) is 23.1 Å². The molecule has 0 aromatic carbocycles. The zero-order chi connectivity index (χ0) is 17.2. The molecule has 25 heavy (non-hydrogen) atoms. The first-order valence-corrected chi connectivity index (χ1v) is 9.96. The van der Waals surface area contributed by atoms with Crippen molar-refractivity contribution < 1.29 is 4.79 Å². The van der Waals surface area contributed by atoms with E-state index in [4.69, 9.17) is 5.26 Å². The number of hydrogen-bond donors (Lipinski definition) is 1. The van der Waals surface area contributed by atoms with Gasteiger partial charge in [0.25, 0.3) is 0 Å². The van der Waals surface area contributed by atoms with Crippen LogP contribution in [0.1, 0.15) is 25.7 Å². The molecule has 3 aliphatic rings. The number of carbonyl (C=O) groups excluding carboxylic acids is 1. The van der Waals surface area contributed by atoms with Gasteiger partial charge in [0.1, 0.15) is 11.9 Å². The van der Waals surface area contributed by atoms with Crippen LogP contribution in [0.3, 0.4) is 0 Å². The molecule has 0 radical (unpaired) electrons. The van der Waals surface area contributed by atoms with Crippen molar-refractivity contribution in [3.05, 3.63) is 18.6 Å². The zero-order valence-corrected chi connectivity index (χ0v) is 14.9. The maximum atomic E-state index is 12.4. The summed E-state index contributed by atoms with van der Waals surface area (Å²) in [6.45, 7) is 0.327. The molecule has 132 valence electrons. The highest BCUT2D eigenvalue weighted by atomic mass is 32.2. The van der Waals surface area contributed by atoms with E-state index >= 15 is 0 Å². The number of anilines is 1. The summed E-state index contributed by atoms with van der Waals surface area (Å²) in [6.07, 6.45) is 9.69. The molecule has 0 aliphatic carbocycles. The summed E-state index contributed by atoms with van der Waals surface area (Å²) in [5.41, 5.74) is 0. The van der Waals surface area contributed by atoms with Crippen molar-refractivity contribution >= 4 is 23.5 Å². The van der Waals surface area contributed by atoms with E-state index in [9.17, 15) is 4.79 Å². The Morgan fingerprint density at radius 3 is 2.84 bits per heavy atom. The van der Waals surface area contributed by atoms with Crippen LogP contribution in [0.4, 0.5) is 5.82 Å². The van der Waals surface area contributed by atoms with E-state index in [2.05, 4.69) is 26.3 Å². The van der Waals surface area contributed by atoms with Crippen molar-refractivity contribution in [3.63, 3.8) is 0 Å². The van der Waals surface area contributed by atoms with Gasteiger partial charge in [0.15, 0.2) is 0 Å². The lowest BCUT2D eigenvalue weighted by atomic mass is 9.97. The maximum absolute atomic E-state index is 12.4. The largest absolute Gasteiger partial charge is 0.349 e. The van der Waals surface area contributed by atoms with Crippen LogP contribution in [-0.2, 0) is 4.79 Å². The van der Waals surface area contributed by atoms with Gasteiger partial charge in [-0.15, -0.1) is 11.8 Å². The van der Waals surface area contributed by atoms with Crippen LogP contribution in [0.15, 0.2) is 18.6 Å². The highest BCUT2D eigenvalue weighted by Crippen LogP contribution is 2.38. The van der Waals surface area contributed by atoms with Crippen LogP contribution in [0, 0.1) is 11.3 Å². The fraction of sp³-hybridized carbons (Fsp3) is 0.647. The van der Waals surface area contributed by atoms with Crippen molar-refractivity contribution in [2.45, 2.75) is 49.9 Å². The predicted molar refractivity (Wildman–Crippen MR) is 95.9 cm³/mol. The molecule has 4 rings (SSSR count). The van der Waals surface area contributed by atoms with Gasteiger partial charge < -0.3 is 15.1 Å². The molecule has 8 heteroatoms. The van der Waals surface area contributed by atoms with Gasteiger partial charge in [0.05, 0.1) is 24.7 Å². The zero-order valence-electron chi connectivity index (χ0n) is 14.0. The number of nitriles is 1. The number of hydrogen-bond acceptors (Lipinski definition) is 7. The molecule has 3 atom stereocenters. The van der Waals surface area contributed by atoms with Crippen LogP contribution in [-0.4, -0.2) is 63.1 Å². The fourth-order valence-corrected chi connectivity index (χ4v) is 5.37. The second-order valence-corrected chi connectivity index (χ2v) is 7.91. The highest BCUT2D eigenvalue weighted by Gasteiger charge is 2.41. The molecule has 1 N–H and O–H groups in total. The number of rotatable bonds is 4. The molecule has 4 heterocycles. The standard InChI is InChI=1S/C17H22N6OS/c18-7-15-10-25-11-22(15)17(24)9-21-12-5-13-1-2-14(6-12)23(13)16-8-19-3-4-20-16/h3-4,8,12-15,21H,1-2,5-6,9-11H2/t12?,13?,14?,15-/m1/s1. The normalized spacial score (nSPS) is 31.2. The van der Waals surface area contributed by atoms with E-state index in [1.54, 1.807) is 29.1 Å². The van der Waals surface area contributed by atoms with E-state index in [0.717, 1.165) is 24.4 Å². The highest BCUT2D eigenvalue weighted by molar-refractivity contribution is 7.99. The summed E-state index contributed by atoms with van der Waals surface area (Å²) in [5.74, 6) is 2.37. The van der Waals surface area contributed by atoms with Crippen LogP contribution < -0.4 is 10.2 Å². The topological polar surface area (TPSA) is 85.2 Å². The van der Waals surface area contributed by atoms with Crippen LogP contribution in [0.2, 0.25) is 0 Å². The van der Waals surface area contributed by atoms with E-state index in [0.29, 0.717) is 30.5 Å². The van der Waals surface area contributed by atoms with Gasteiger partial charge in [-0.25, -0.2) is 4.98 Å². The number of nitrogens with one attached hydrogen (secondary N) is 1. The first-order chi connectivity index (χ1) is 12.3. The maximum Gasteiger partial charge on any atom is 0.238 e. The SMILES string of the molecule is N#C[C@@H]1CSCN1C(=O)CNC1CC2CCC(C1)N2c1cnccn1. The average molecular weight is 358 g/mol. The number of amides is 1. The molecule has 7 nitrogen and oxygen atoms in total.